The largest absolute Gasteiger partial charge is 0.396 e. The molecule has 0 radical (unpaired) electrons. The van der Waals surface area contributed by atoms with Crippen molar-refractivity contribution >= 4 is 29.1 Å². The number of benzene rings is 2. The third-order valence-electron chi connectivity index (χ3n) is 7.23. The normalized spacial score (nSPS) is 20.3. The molecule has 2 aromatic carbocycles. The number of nitrogens with zero attached hydrogens (tertiary/aromatic N) is 2. The summed E-state index contributed by atoms with van der Waals surface area (Å²) in [7, 11) is 0. The first-order valence-corrected chi connectivity index (χ1v) is 12.7. The fraction of sp³-hybridized carbons (Fsp3) is 0.357. The first-order chi connectivity index (χ1) is 17.5. The fourth-order valence-electron chi connectivity index (χ4n) is 4.75. The van der Waals surface area contributed by atoms with E-state index < -0.39 is 28.5 Å². The van der Waals surface area contributed by atoms with Gasteiger partial charge in [-0.15, -0.1) is 0 Å². The smallest absolute Gasteiger partial charge is 0.257 e. The molecule has 0 bridgehead atoms. The van der Waals surface area contributed by atoms with E-state index in [1.165, 1.54) is 23.2 Å². The molecular weight excluding hydrogens is 518 g/mol. The average molecular weight is 545 g/mol. The fourth-order valence-corrected chi connectivity index (χ4v) is 5.02. The van der Waals surface area contributed by atoms with Crippen LogP contribution in [-0.2, 0) is 22.6 Å². The van der Waals surface area contributed by atoms with Crippen LogP contribution in [-0.4, -0.2) is 39.2 Å². The summed E-state index contributed by atoms with van der Waals surface area (Å²) in [5, 5.41) is 21.2. The lowest BCUT2D eigenvalue weighted by molar-refractivity contribution is -0.130. The van der Waals surface area contributed by atoms with Gasteiger partial charge < -0.3 is 14.9 Å². The van der Waals surface area contributed by atoms with Gasteiger partial charge in [0.15, 0.2) is 5.72 Å². The highest BCUT2D eigenvalue weighted by molar-refractivity contribution is 6.30. The van der Waals surface area contributed by atoms with Crippen molar-refractivity contribution in [3.63, 3.8) is 0 Å². The van der Waals surface area contributed by atoms with Gasteiger partial charge in [0.25, 0.3) is 5.91 Å². The van der Waals surface area contributed by atoms with E-state index in [-0.39, 0.29) is 35.9 Å². The van der Waals surface area contributed by atoms with Gasteiger partial charge in [0.05, 0.1) is 36.1 Å². The summed E-state index contributed by atoms with van der Waals surface area (Å²) in [5.41, 5.74) is -1.41. The Hall–Kier alpha value is -2.55. The number of amides is 1. The molecule has 1 aromatic heterocycles. The first-order valence-electron chi connectivity index (χ1n) is 12.0. The number of ether oxygens (including phenoxy) is 1. The molecule has 6 nitrogen and oxygen atoms in total. The molecule has 37 heavy (non-hydrogen) atoms. The molecule has 1 aliphatic carbocycles. The Kier molecular flexibility index (Phi) is 6.57. The summed E-state index contributed by atoms with van der Waals surface area (Å²) in [4.78, 5) is 19.8. The van der Waals surface area contributed by atoms with Crippen LogP contribution in [0.2, 0.25) is 10.0 Å². The zero-order chi connectivity index (χ0) is 26.6. The Bertz CT molecular complexity index is 1360. The van der Waals surface area contributed by atoms with Gasteiger partial charge >= 0.3 is 0 Å². The third-order valence-corrected chi connectivity index (χ3v) is 7.69. The molecule has 0 unspecified atom stereocenters. The second-order valence-electron chi connectivity index (χ2n) is 10.4. The van der Waals surface area contributed by atoms with Gasteiger partial charge in [-0.2, -0.15) is 0 Å². The molecule has 3 aromatic rings. The third kappa shape index (κ3) is 4.64. The predicted octanol–water partition coefficient (Wildman–Crippen LogP) is 5.40. The number of fused-ring (bicyclic) bond motifs is 1. The zero-order valence-corrected chi connectivity index (χ0v) is 22.0. The number of hydrogen-bond acceptors (Lipinski definition) is 5. The molecule has 0 spiro atoms. The van der Waals surface area contributed by atoms with Crippen molar-refractivity contribution in [3.8, 4) is 0 Å². The number of aliphatic hydroxyl groups is 2. The van der Waals surface area contributed by atoms with Crippen LogP contribution < -0.4 is 0 Å². The maximum absolute atomic E-state index is 15.7. The molecule has 1 saturated carbocycles. The minimum atomic E-state index is -1.66. The molecule has 2 N–H and O–H groups in total. The van der Waals surface area contributed by atoms with E-state index in [2.05, 4.69) is 4.98 Å². The van der Waals surface area contributed by atoms with Crippen molar-refractivity contribution in [1.82, 2.24) is 9.88 Å². The maximum atomic E-state index is 15.7. The highest BCUT2D eigenvalue weighted by Crippen LogP contribution is 2.52. The molecule has 1 atom stereocenters. The lowest BCUT2D eigenvalue weighted by Crippen LogP contribution is -2.48. The Labute approximate surface area is 224 Å². The molecule has 1 amide bonds. The first kappa shape index (κ1) is 26.1. The van der Waals surface area contributed by atoms with Gasteiger partial charge in [-0.05, 0) is 68.7 Å². The SMILES string of the molecule is CC(C)(O)c1ccc2c(c1)C(=O)N(Cc1ccc(Cl)cn1)[C@@]2(OCC1(CO)CC1)c1ccc(Cl)cc1F. The number of aromatic nitrogens is 1. The molecule has 2 aliphatic rings. The lowest BCUT2D eigenvalue weighted by Gasteiger charge is -2.40. The highest BCUT2D eigenvalue weighted by Gasteiger charge is 2.56. The van der Waals surface area contributed by atoms with Crippen LogP contribution in [0.4, 0.5) is 4.39 Å². The molecular formula is C28H27Cl2FN2O4. The van der Waals surface area contributed by atoms with Gasteiger partial charge in [0.1, 0.15) is 5.82 Å². The molecule has 9 heteroatoms. The summed E-state index contributed by atoms with van der Waals surface area (Å²) in [6, 6.07) is 12.6. The summed E-state index contributed by atoms with van der Waals surface area (Å²) in [6.45, 7) is 3.28. The van der Waals surface area contributed by atoms with Crippen molar-refractivity contribution in [2.45, 2.75) is 44.6 Å². The van der Waals surface area contributed by atoms with Gasteiger partial charge in [0.2, 0.25) is 0 Å². The zero-order valence-electron chi connectivity index (χ0n) is 20.5. The monoisotopic (exact) mass is 544 g/mol. The Morgan fingerprint density at radius 2 is 1.78 bits per heavy atom. The van der Waals surface area contributed by atoms with Gasteiger partial charge in [0, 0.05) is 33.3 Å². The summed E-state index contributed by atoms with van der Waals surface area (Å²) in [5.74, 6) is -1.04. The number of carbonyl (C=O) groups excluding carboxylic acids is 1. The molecule has 1 aliphatic heterocycles. The molecule has 194 valence electrons. The van der Waals surface area contributed by atoms with E-state index >= 15 is 4.39 Å². The minimum Gasteiger partial charge on any atom is -0.396 e. The van der Waals surface area contributed by atoms with Crippen molar-refractivity contribution in [3.05, 3.63) is 98.5 Å². The maximum Gasteiger partial charge on any atom is 0.257 e. The van der Waals surface area contributed by atoms with Crippen molar-refractivity contribution in [1.29, 1.82) is 0 Å². The van der Waals surface area contributed by atoms with E-state index in [4.69, 9.17) is 27.9 Å². The topological polar surface area (TPSA) is 82.9 Å². The summed E-state index contributed by atoms with van der Waals surface area (Å²) < 4.78 is 22.3. The number of carbonyl (C=O) groups is 1. The van der Waals surface area contributed by atoms with Crippen molar-refractivity contribution in [2.24, 2.45) is 5.41 Å². The minimum absolute atomic E-state index is 0.00325. The number of halogens is 3. The van der Waals surface area contributed by atoms with Crippen LogP contribution in [0.1, 0.15) is 59.4 Å². The standard InChI is InChI=1S/C28H27Cl2FN2O4/c1-26(2,36)17-3-7-22-21(11-17)25(35)33(14-20-6-4-19(30)13-32-20)28(22,37-16-27(15-34)9-10-27)23-8-5-18(29)12-24(23)31/h3-8,11-13,34,36H,9-10,14-16H2,1-2H3/t28-/m0/s1. The molecule has 5 rings (SSSR count). The van der Waals surface area contributed by atoms with E-state index in [1.54, 1.807) is 50.2 Å². The lowest BCUT2D eigenvalue weighted by atomic mass is 9.89. The van der Waals surface area contributed by atoms with Crippen molar-refractivity contribution < 1.29 is 24.1 Å². The number of rotatable bonds is 8. The van der Waals surface area contributed by atoms with Crippen molar-refractivity contribution in [2.75, 3.05) is 13.2 Å². The van der Waals surface area contributed by atoms with Crippen LogP contribution in [0.5, 0.6) is 0 Å². The average Bonchev–Trinajstić information content (AvgIpc) is 3.60. The van der Waals surface area contributed by atoms with Gasteiger partial charge in [-0.3, -0.25) is 14.7 Å². The van der Waals surface area contributed by atoms with Gasteiger partial charge in [-0.1, -0.05) is 35.3 Å². The second-order valence-corrected chi connectivity index (χ2v) is 11.3. The molecule has 2 heterocycles. The molecule has 0 saturated heterocycles. The van der Waals surface area contributed by atoms with Crippen LogP contribution in [0.25, 0.3) is 0 Å². The Morgan fingerprint density at radius 3 is 2.38 bits per heavy atom. The second kappa shape index (κ2) is 9.33. The Balaban J connectivity index is 1.73. The van der Waals surface area contributed by atoms with Crippen LogP contribution in [0, 0.1) is 11.2 Å². The Morgan fingerprint density at radius 1 is 1.08 bits per heavy atom. The van der Waals surface area contributed by atoms with Crippen LogP contribution in [0.3, 0.4) is 0 Å². The van der Waals surface area contributed by atoms with Crippen LogP contribution >= 0.6 is 23.2 Å². The van der Waals surface area contributed by atoms with Crippen LogP contribution in [0.15, 0.2) is 54.7 Å². The highest BCUT2D eigenvalue weighted by atomic mass is 35.5. The quantitative estimate of drug-likeness (QED) is 0.396. The molecule has 1 fully saturated rings. The van der Waals surface area contributed by atoms with Gasteiger partial charge in [-0.25, -0.2) is 4.39 Å². The van der Waals surface area contributed by atoms with E-state index in [0.29, 0.717) is 21.8 Å². The van der Waals surface area contributed by atoms with E-state index in [1.807, 2.05) is 0 Å². The summed E-state index contributed by atoms with van der Waals surface area (Å²) in [6.07, 6.45) is 3.01. The van der Waals surface area contributed by atoms with E-state index in [0.717, 1.165) is 12.8 Å². The summed E-state index contributed by atoms with van der Waals surface area (Å²) >= 11 is 12.1. The number of hydrogen-bond donors (Lipinski definition) is 2. The number of pyridine rings is 1. The number of aliphatic hydroxyl groups excluding tert-OH is 1. The van der Waals surface area contributed by atoms with E-state index in [9.17, 15) is 15.0 Å². The predicted molar refractivity (Wildman–Crippen MR) is 138 cm³/mol.